The van der Waals surface area contributed by atoms with Crippen LogP contribution in [0.15, 0.2) is 24.5 Å². The number of esters is 1. The second kappa shape index (κ2) is 8.17. The lowest BCUT2D eigenvalue weighted by atomic mass is 10.1. The average molecular weight is 414 g/mol. The molecule has 1 amide bonds. The van der Waals surface area contributed by atoms with E-state index in [1.165, 1.54) is 21.8 Å². The largest absolute Gasteiger partial charge is 0.458 e. The average Bonchev–Trinajstić information content (AvgIpc) is 3.17. The molecule has 11 nitrogen and oxygen atoms in total. The Morgan fingerprint density at radius 1 is 1.47 bits per heavy atom. The van der Waals surface area contributed by atoms with Crippen LogP contribution in [0.5, 0.6) is 0 Å². The zero-order valence-corrected chi connectivity index (χ0v) is 17.0. The molecule has 2 aromatic rings. The van der Waals surface area contributed by atoms with Gasteiger partial charge in [-0.25, -0.2) is 9.48 Å². The van der Waals surface area contributed by atoms with Crippen molar-refractivity contribution in [3.05, 3.63) is 30.2 Å². The topological polar surface area (TPSA) is 143 Å². The van der Waals surface area contributed by atoms with Gasteiger partial charge in [0.2, 0.25) is 0 Å². The third-order valence-corrected chi connectivity index (χ3v) is 4.13. The van der Waals surface area contributed by atoms with Gasteiger partial charge in [-0.3, -0.25) is 9.69 Å². The maximum absolute atomic E-state index is 12.9. The van der Waals surface area contributed by atoms with Gasteiger partial charge in [-0.05, 0) is 27.7 Å². The predicted molar refractivity (Wildman–Crippen MR) is 102 cm³/mol. The van der Waals surface area contributed by atoms with Crippen LogP contribution in [0.1, 0.15) is 33.4 Å². The minimum atomic E-state index is -1.77. The maximum Gasteiger partial charge on any atom is 0.338 e. The number of nitrogens with zero attached hydrogens (tertiary/aromatic N) is 6. The molecule has 11 heteroatoms. The molecule has 0 aliphatic carbocycles. The van der Waals surface area contributed by atoms with E-state index in [1.54, 1.807) is 40.0 Å². The van der Waals surface area contributed by atoms with Gasteiger partial charge in [0.1, 0.15) is 11.7 Å². The number of carbonyl (C=O) groups is 2. The lowest BCUT2D eigenvalue weighted by Gasteiger charge is -2.36. The molecule has 158 valence electrons. The van der Waals surface area contributed by atoms with Crippen molar-refractivity contribution in [2.24, 2.45) is 0 Å². The van der Waals surface area contributed by atoms with E-state index >= 15 is 0 Å². The van der Waals surface area contributed by atoms with Gasteiger partial charge < -0.3 is 14.6 Å². The Balaban J connectivity index is 1.83. The molecule has 30 heavy (non-hydrogen) atoms. The summed E-state index contributed by atoms with van der Waals surface area (Å²) in [5.41, 5.74) is -0.200. The highest BCUT2D eigenvalue weighted by Gasteiger charge is 2.43. The summed E-state index contributed by atoms with van der Waals surface area (Å²) in [5, 5.41) is 31.1. The van der Waals surface area contributed by atoms with E-state index in [2.05, 4.69) is 15.3 Å². The summed E-state index contributed by atoms with van der Waals surface area (Å²) < 4.78 is 12.1. The van der Waals surface area contributed by atoms with Crippen molar-refractivity contribution >= 4 is 17.7 Å². The van der Waals surface area contributed by atoms with Gasteiger partial charge in [0, 0.05) is 18.3 Å². The minimum Gasteiger partial charge on any atom is -0.458 e. The first-order chi connectivity index (χ1) is 14.1. The zero-order chi connectivity index (χ0) is 22.1. The van der Waals surface area contributed by atoms with Gasteiger partial charge in [-0.2, -0.15) is 10.4 Å². The quantitative estimate of drug-likeness (QED) is 0.701. The number of nitriles is 1. The van der Waals surface area contributed by atoms with Crippen LogP contribution in [-0.2, 0) is 19.1 Å². The van der Waals surface area contributed by atoms with Crippen LogP contribution in [0.3, 0.4) is 0 Å². The second-order valence-corrected chi connectivity index (χ2v) is 7.82. The molecule has 0 radical (unpaired) electrons. The molecular formula is C19H22N6O5. The van der Waals surface area contributed by atoms with E-state index in [9.17, 15) is 14.7 Å². The molecule has 3 rings (SSSR count). The standard InChI is InChI=1S/C19H22N6O5/c1-11-10-24(17(27)16(29-11)15(26)18(28)30-19(2,3)4)14-5-6-25(23-14)13-7-12(8-20)22-21-9-13/h5-7,9,11,15-16,26H,10H2,1-4H3/t11-,15+,16+/m0/s1. The number of aliphatic hydroxyl groups excluding tert-OH is 1. The first kappa shape index (κ1) is 21.4. The van der Waals surface area contributed by atoms with Crippen molar-refractivity contribution in [3.63, 3.8) is 0 Å². The van der Waals surface area contributed by atoms with E-state index in [4.69, 9.17) is 14.7 Å². The zero-order valence-electron chi connectivity index (χ0n) is 17.0. The fraction of sp³-hybridized carbons (Fsp3) is 0.474. The normalized spacial score (nSPS) is 20.5. The third-order valence-electron chi connectivity index (χ3n) is 4.13. The Kier molecular flexibility index (Phi) is 5.82. The number of rotatable bonds is 4. The molecule has 0 bridgehead atoms. The summed E-state index contributed by atoms with van der Waals surface area (Å²) in [7, 11) is 0. The molecule has 0 aromatic carbocycles. The highest BCUT2D eigenvalue weighted by atomic mass is 16.6. The number of hydrogen-bond acceptors (Lipinski definition) is 9. The summed E-state index contributed by atoms with van der Waals surface area (Å²) in [6.45, 7) is 6.89. The molecule has 1 N–H and O–H groups in total. The van der Waals surface area contributed by atoms with E-state index < -0.39 is 35.8 Å². The molecule has 1 saturated heterocycles. The number of aromatic nitrogens is 4. The molecular weight excluding hydrogens is 392 g/mol. The van der Waals surface area contributed by atoms with Gasteiger partial charge in [0.15, 0.2) is 23.7 Å². The number of amides is 1. The Morgan fingerprint density at radius 2 is 2.20 bits per heavy atom. The highest BCUT2D eigenvalue weighted by molar-refractivity contribution is 5.99. The number of hydrogen-bond donors (Lipinski definition) is 1. The van der Waals surface area contributed by atoms with Gasteiger partial charge >= 0.3 is 5.97 Å². The predicted octanol–water partition coefficient (Wildman–Crippen LogP) is 0.357. The molecule has 0 spiro atoms. The van der Waals surface area contributed by atoms with E-state index in [-0.39, 0.29) is 12.2 Å². The van der Waals surface area contributed by atoms with Crippen LogP contribution in [0, 0.1) is 11.3 Å². The van der Waals surface area contributed by atoms with Crippen LogP contribution < -0.4 is 4.90 Å². The van der Waals surface area contributed by atoms with Crippen molar-refractivity contribution in [2.45, 2.75) is 51.6 Å². The van der Waals surface area contributed by atoms with E-state index in [0.717, 1.165) is 0 Å². The van der Waals surface area contributed by atoms with Crippen LogP contribution in [0.2, 0.25) is 0 Å². The summed E-state index contributed by atoms with van der Waals surface area (Å²) in [5.74, 6) is -1.25. The van der Waals surface area contributed by atoms with Gasteiger partial charge in [0.25, 0.3) is 5.91 Å². The highest BCUT2D eigenvalue weighted by Crippen LogP contribution is 2.23. The summed E-state index contributed by atoms with van der Waals surface area (Å²) >= 11 is 0. The molecule has 0 saturated carbocycles. The van der Waals surface area contributed by atoms with Crippen molar-refractivity contribution in [1.82, 2.24) is 20.0 Å². The summed E-state index contributed by atoms with van der Waals surface area (Å²) in [6.07, 6.45) is -0.618. The number of ether oxygens (including phenoxy) is 2. The summed E-state index contributed by atoms with van der Waals surface area (Å²) in [6, 6.07) is 5.00. The van der Waals surface area contributed by atoms with Gasteiger partial charge in [-0.1, -0.05) is 0 Å². The van der Waals surface area contributed by atoms with Gasteiger partial charge in [-0.15, -0.1) is 10.2 Å². The number of anilines is 1. The Hall–Kier alpha value is -3.36. The molecule has 3 atom stereocenters. The fourth-order valence-electron chi connectivity index (χ4n) is 2.89. The third kappa shape index (κ3) is 4.61. The summed E-state index contributed by atoms with van der Waals surface area (Å²) in [4.78, 5) is 26.5. The first-order valence-electron chi connectivity index (χ1n) is 9.25. The van der Waals surface area contributed by atoms with Crippen LogP contribution in [0.4, 0.5) is 5.82 Å². The van der Waals surface area contributed by atoms with Crippen molar-refractivity contribution in [2.75, 3.05) is 11.4 Å². The SMILES string of the molecule is C[C@H]1CN(c2ccn(-c3cnnc(C#N)c3)n2)C(=O)[C@@H]([C@@H](O)C(=O)OC(C)(C)C)O1. The molecule has 1 fully saturated rings. The number of morpholine rings is 1. The molecule has 3 heterocycles. The van der Waals surface area contributed by atoms with E-state index in [0.29, 0.717) is 11.5 Å². The molecule has 1 aliphatic rings. The minimum absolute atomic E-state index is 0.126. The molecule has 1 aliphatic heterocycles. The van der Waals surface area contributed by atoms with Crippen LogP contribution >= 0.6 is 0 Å². The maximum atomic E-state index is 12.9. The van der Waals surface area contributed by atoms with Crippen molar-refractivity contribution < 1.29 is 24.2 Å². The number of aliphatic hydroxyl groups is 1. The Morgan fingerprint density at radius 3 is 2.87 bits per heavy atom. The monoisotopic (exact) mass is 414 g/mol. The van der Waals surface area contributed by atoms with Gasteiger partial charge in [0.05, 0.1) is 24.5 Å². The van der Waals surface area contributed by atoms with Crippen molar-refractivity contribution in [3.8, 4) is 11.8 Å². The fourth-order valence-corrected chi connectivity index (χ4v) is 2.89. The first-order valence-corrected chi connectivity index (χ1v) is 9.25. The Labute approximate surface area is 172 Å². The smallest absolute Gasteiger partial charge is 0.338 e. The van der Waals surface area contributed by atoms with Crippen molar-refractivity contribution in [1.29, 1.82) is 5.26 Å². The lowest BCUT2D eigenvalue weighted by Crippen LogP contribution is -2.57. The molecule has 0 unspecified atom stereocenters. The second-order valence-electron chi connectivity index (χ2n) is 7.82. The van der Waals surface area contributed by atoms with Crippen LogP contribution in [0.25, 0.3) is 5.69 Å². The van der Waals surface area contributed by atoms with E-state index in [1.807, 2.05) is 6.07 Å². The van der Waals surface area contributed by atoms with Crippen LogP contribution in [-0.4, -0.2) is 67.4 Å². The lowest BCUT2D eigenvalue weighted by molar-refractivity contribution is -0.181. The Bertz CT molecular complexity index is 992. The molecule has 2 aromatic heterocycles. The number of carbonyl (C=O) groups excluding carboxylic acids is 2.